The van der Waals surface area contributed by atoms with Crippen molar-refractivity contribution in [3.05, 3.63) is 18.2 Å². The first kappa shape index (κ1) is 17.1. The van der Waals surface area contributed by atoms with E-state index in [-0.39, 0.29) is 24.8 Å². The van der Waals surface area contributed by atoms with Gasteiger partial charge in [0.25, 0.3) is 0 Å². The van der Waals surface area contributed by atoms with E-state index in [0.717, 1.165) is 0 Å². The lowest BCUT2D eigenvalue weighted by atomic mass is 10.1. The summed E-state index contributed by atoms with van der Waals surface area (Å²) in [6.45, 7) is 2.74. The molecule has 0 unspecified atom stereocenters. The smallest absolute Gasteiger partial charge is 0.328 e. The highest BCUT2D eigenvalue weighted by atomic mass is 16.6. The van der Waals surface area contributed by atoms with E-state index < -0.39 is 17.9 Å². The Morgan fingerprint density at radius 1 is 1.28 bits per heavy atom. The molecule has 8 nitrogen and oxygen atoms in total. The van der Waals surface area contributed by atoms with E-state index in [0.29, 0.717) is 30.4 Å². The van der Waals surface area contributed by atoms with Crippen molar-refractivity contribution in [2.24, 2.45) is 5.92 Å². The topological polar surface area (TPSA) is 94.2 Å². The molecule has 1 saturated heterocycles. The molecule has 25 heavy (non-hydrogen) atoms. The number of hydrogen-bond acceptors (Lipinski definition) is 6. The van der Waals surface area contributed by atoms with Crippen LogP contribution < -0.4 is 19.7 Å². The van der Waals surface area contributed by atoms with Crippen LogP contribution in [-0.2, 0) is 19.1 Å². The van der Waals surface area contributed by atoms with E-state index in [9.17, 15) is 14.4 Å². The zero-order valence-corrected chi connectivity index (χ0v) is 14.1. The number of anilines is 1. The van der Waals surface area contributed by atoms with Crippen molar-refractivity contribution < 1.29 is 28.6 Å². The van der Waals surface area contributed by atoms with E-state index in [1.807, 2.05) is 0 Å². The fourth-order valence-corrected chi connectivity index (χ4v) is 2.90. The third-order valence-corrected chi connectivity index (χ3v) is 4.25. The molecule has 1 aromatic carbocycles. The van der Waals surface area contributed by atoms with Gasteiger partial charge in [-0.3, -0.25) is 9.59 Å². The third-order valence-electron chi connectivity index (χ3n) is 4.25. The summed E-state index contributed by atoms with van der Waals surface area (Å²) < 4.78 is 15.6. The Hall–Kier alpha value is -2.77. The molecule has 2 aliphatic rings. The average molecular weight is 348 g/mol. The van der Waals surface area contributed by atoms with E-state index in [2.05, 4.69) is 10.1 Å². The van der Waals surface area contributed by atoms with Gasteiger partial charge in [0.05, 0.1) is 13.0 Å². The number of carbonyl (C=O) groups is 3. The zero-order valence-electron chi connectivity index (χ0n) is 14.1. The van der Waals surface area contributed by atoms with Gasteiger partial charge < -0.3 is 24.4 Å². The summed E-state index contributed by atoms with van der Waals surface area (Å²) in [6.07, 6.45) is 0.0914. The van der Waals surface area contributed by atoms with E-state index in [4.69, 9.17) is 9.47 Å². The molecule has 0 spiro atoms. The number of rotatable bonds is 4. The molecule has 1 fully saturated rings. The molecule has 0 saturated carbocycles. The van der Waals surface area contributed by atoms with Crippen molar-refractivity contribution >= 4 is 23.5 Å². The second kappa shape index (κ2) is 7.00. The first-order valence-electron chi connectivity index (χ1n) is 8.08. The van der Waals surface area contributed by atoms with Gasteiger partial charge in [-0.05, 0) is 19.1 Å². The predicted molar refractivity (Wildman–Crippen MR) is 87.5 cm³/mol. The molecule has 0 aliphatic carbocycles. The van der Waals surface area contributed by atoms with Gasteiger partial charge in [0.2, 0.25) is 11.8 Å². The summed E-state index contributed by atoms with van der Waals surface area (Å²) in [5.74, 6) is -0.311. The van der Waals surface area contributed by atoms with Gasteiger partial charge in [-0.25, -0.2) is 4.79 Å². The van der Waals surface area contributed by atoms with Gasteiger partial charge in [0.1, 0.15) is 19.3 Å². The standard InChI is InChI=1S/C17H20N2O6/c1-10(17(22)23-2)18-16(21)11-7-15(20)19(9-11)12-3-4-13-14(8-12)25-6-5-24-13/h3-4,8,10-11H,5-7,9H2,1-2H3,(H,18,21)/t10-,11-/m1/s1. The zero-order chi connectivity index (χ0) is 18.0. The molecule has 0 bridgehead atoms. The molecule has 134 valence electrons. The number of hydrogen-bond donors (Lipinski definition) is 1. The van der Waals surface area contributed by atoms with Crippen LogP contribution in [0.4, 0.5) is 5.69 Å². The van der Waals surface area contributed by atoms with Crippen LogP contribution in [0.5, 0.6) is 11.5 Å². The second-order valence-electron chi connectivity index (χ2n) is 5.99. The molecular weight excluding hydrogens is 328 g/mol. The number of amides is 2. The van der Waals surface area contributed by atoms with Crippen LogP contribution in [0.25, 0.3) is 0 Å². The van der Waals surface area contributed by atoms with Crippen LogP contribution in [-0.4, -0.2) is 50.7 Å². The summed E-state index contributed by atoms with van der Waals surface area (Å²) in [4.78, 5) is 37.6. The average Bonchev–Trinajstić information content (AvgIpc) is 3.02. The highest BCUT2D eigenvalue weighted by Gasteiger charge is 2.36. The van der Waals surface area contributed by atoms with Gasteiger partial charge in [0, 0.05) is 24.7 Å². The molecule has 1 N–H and O–H groups in total. The molecule has 1 aromatic rings. The molecule has 2 aliphatic heterocycles. The number of ether oxygens (including phenoxy) is 3. The number of carbonyl (C=O) groups excluding carboxylic acids is 3. The minimum atomic E-state index is -0.754. The Balaban J connectivity index is 1.68. The van der Waals surface area contributed by atoms with Crippen molar-refractivity contribution in [3.63, 3.8) is 0 Å². The van der Waals surface area contributed by atoms with Crippen LogP contribution in [0.2, 0.25) is 0 Å². The summed E-state index contributed by atoms with van der Waals surface area (Å²) >= 11 is 0. The van der Waals surface area contributed by atoms with Crippen molar-refractivity contribution in [1.82, 2.24) is 5.32 Å². The Bertz CT molecular complexity index is 704. The number of methoxy groups -OCH3 is 1. The third kappa shape index (κ3) is 3.52. The summed E-state index contributed by atoms with van der Waals surface area (Å²) in [6, 6.07) is 4.51. The number of nitrogens with zero attached hydrogens (tertiary/aromatic N) is 1. The molecule has 2 amide bonds. The maximum atomic E-state index is 12.3. The SMILES string of the molecule is COC(=O)[C@@H](C)NC(=O)[C@@H]1CC(=O)N(c2ccc3c(c2)OCCO3)C1. The summed E-state index contributed by atoms with van der Waals surface area (Å²) in [7, 11) is 1.26. The Morgan fingerprint density at radius 3 is 2.72 bits per heavy atom. The minimum absolute atomic E-state index is 0.0914. The van der Waals surface area contributed by atoms with Crippen LogP contribution in [0, 0.1) is 5.92 Å². The fourth-order valence-electron chi connectivity index (χ4n) is 2.90. The first-order valence-corrected chi connectivity index (χ1v) is 8.08. The Morgan fingerprint density at radius 2 is 2.00 bits per heavy atom. The lowest BCUT2D eigenvalue weighted by Gasteiger charge is -2.22. The van der Waals surface area contributed by atoms with E-state index in [1.54, 1.807) is 30.0 Å². The number of nitrogens with one attached hydrogen (secondary N) is 1. The van der Waals surface area contributed by atoms with Crippen molar-refractivity contribution in [2.45, 2.75) is 19.4 Å². The van der Waals surface area contributed by atoms with Crippen LogP contribution in [0.3, 0.4) is 0 Å². The molecular formula is C17H20N2O6. The quantitative estimate of drug-likeness (QED) is 0.796. The summed E-state index contributed by atoms with van der Waals surface area (Å²) in [5.41, 5.74) is 0.658. The minimum Gasteiger partial charge on any atom is -0.486 e. The number of esters is 1. The maximum absolute atomic E-state index is 12.3. The van der Waals surface area contributed by atoms with Crippen molar-refractivity contribution in [1.29, 1.82) is 0 Å². The lowest BCUT2D eigenvalue weighted by molar-refractivity contribution is -0.144. The monoisotopic (exact) mass is 348 g/mol. The first-order chi connectivity index (χ1) is 12.0. The molecule has 2 atom stereocenters. The Kier molecular flexibility index (Phi) is 4.78. The molecule has 2 heterocycles. The molecule has 3 rings (SSSR count). The maximum Gasteiger partial charge on any atom is 0.328 e. The number of benzene rings is 1. The van der Waals surface area contributed by atoms with Crippen molar-refractivity contribution in [2.75, 3.05) is 31.8 Å². The fraction of sp³-hybridized carbons (Fsp3) is 0.471. The summed E-state index contributed by atoms with van der Waals surface area (Å²) in [5, 5.41) is 2.58. The molecule has 8 heteroatoms. The largest absolute Gasteiger partial charge is 0.486 e. The lowest BCUT2D eigenvalue weighted by Crippen LogP contribution is -2.43. The van der Waals surface area contributed by atoms with Gasteiger partial charge in [-0.15, -0.1) is 0 Å². The van der Waals surface area contributed by atoms with Gasteiger partial charge in [-0.2, -0.15) is 0 Å². The highest BCUT2D eigenvalue weighted by Crippen LogP contribution is 2.35. The second-order valence-corrected chi connectivity index (χ2v) is 5.99. The van der Waals surface area contributed by atoms with Gasteiger partial charge in [0.15, 0.2) is 11.5 Å². The van der Waals surface area contributed by atoms with Crippen LogP contribution >= 0.6 is 0 Å². The number of fused-ring (bicyclic) bond motifs is 1. The predicted octanol–water partition coefficient (Wildman–Crippen LogP) is 0.488. The highest BCUT2D eigenvalue weighted by molar-refractivity contribution is 6.01. The van der Waals surface area contributed by atoms with Crippen LogP contribution in [0.1, 0.15) is 13.3 Å². The van der Waals surface area contributed by atoms with E-state index in [1.165, 1.54) is 7.11 Å². The molecule has 0 aromatic heterocycles. The van der Waals surface area contributed by atoms with Gasteiger partial charge >= 0.3 is 5.97 Å². The van der Waals surface area contributed by atoms with E-state index >= 15 is 0 Å². The Labute approximate surface area is 145 Å². The van der Waals surface area contributed by atoms with Gasteiger partial charge in [-0.1, -0.05) is 0 Å². The van der Waals surface area contributed by atoms with Crippen molar-refractivity contribution in [3.8, 4) is 11.5 Å². The normalized spacial score (nSPS) is 20.2. The van der Waals surface area contributed by atoms with Crippen LogP contribution in [0.15, 0.2) is 18.2 Å². The molecule has 0 radical (unpaired) electrons.